The Morgan fingerprint density at radius 2 is 2.50 bits per heavy atom. The van der Waals surface area contributed by atoms with Gasteiger partial charge in [0.05, 0.1) is 6.54 Å². The number of nitrogen functional groups attached to an aromatic ring is 1. The van der Waals surface area contributed by atoms with Gasteiger partial charge in [0.2, 0.25) is 0 Å². The molecule has 1 heterocycles. The summed E-state index contributed by atoms with van der Waals surface area (Å²) in [5.74, 6) is 0.475. The van der Waals surface area contributed by atoms with E-state index in [-0.39, 0.29) is 0 Å². The minimum absolute atomic E-state index is 0.460. The van der Waals surface area contributed by atoms with Crippen LogP contribution in [-0.4, -0.2) is 15.0 Å². The number of aromatic nitrogens is 3. The van der Waals surface area contributed by atoms with Gasteiger partial charge in [0.25, 0.3) is 0 Å². The predicted molar refractivity (Wildman–Crippen MR) is 41.9 cm³/mol. The predicted octanol–water partition coefficient (Wildman–Crippen LogP) is 0.335. The molecule has 0 saturated heterocycles. The van der Waals surface area contributed by atoms with Gasteiger partial charge in [-0.25, -0.2) is 4.68 Å². The lowest BCUT2D eigenvalue weighted by molar-refractivity contribution is 0.669. The summed E-state index contributed by atoms with van der Waals surface area (Å²) in [6.07, 6.45) is 1.69. The van der Waals surface area contributed by atoms with Crippen LogP contribution in [0.5, 0.6) is 0 Å². The molecule has 1 rings (SSSR count). The molecule has 5 heteroatoms. The van der Waals surface area contributed by atoms with E-state index < -0.39 is 0 Å². The van der Waals surface area contributed by atoms with Crippen LogP contribution in [0.3, 0.4) is 0 Å². The van der Waals surface area contributed by atoms with Crippen molar-refractivity contribution in [1.29, 1.82) is 0 Å². The van der Waals surface area contributed by atoms with Crippen molar-refractivity contribution < 1.29 is 0 Å². The molecule has 0 atom stereocenters. The van der Waals surface area contributed by atoms with Crippen molar-refractivity contribution in [3.63, 3.8) is 0 Å². The van der Waals surface area contributed by atoms with Gasteiger partial charge in [-0.15, -0.1) is 24.3 Å². The van der Waals surface area contributed by atoms with E-state index in [9.17, 15) is 0 Å². The van der Waals surface area contributed by atoms with Crippen molar-refractivity contribution in [1.82, 2.24) is 15.0 Å². The highest BCUT2D eigenvalue weighted by atomic mass is 32.1. The molecule has 0 saturated carbocycles. The van der Waals surface area contributed by atoms with Gasteiger partial charge in [-0.1, -0.05) is 11.3 Å². The molecular weight excluding hydrogens is 148 g/mol. The summed E-state index contributed by atoms with van der Waals surface area (Å²) in [6.45, 7) is 4.11. The minimum Gasteiger partial charge on any atom is -0.382 e. The fraction of sp³-hybridized carbons (Fsp3) is 0.200. The average molecular weight is 156 g/mol. The van der Waals surface area contributed by atoms with Crippen molar-refractivity contribution >= 4 is 18.4 Å². The molecule has 0 spiro atoms. The Bertz CT molecular complexity index is 242. The first-order valence-corrected chi connectivity index (χ1v) is 3.19. The van der Waals surface area contributed by atoms with Gasteiger partial charge in [0.15, 0.2) is 10.8 Å². The number of nitrogens with two attached hydrogens (primary N) is 1. The van der Waals surface area contributed by atoms with Gasteiger partial charge >= 0.3 is 0 Å². The molecular formula is C5H8N4S. The van der Waals surface area contributed by atoms with Crippen LogP contribution in [0.25, 0.3) is 0 Å². The van der Waals surface area contributed by atoms with Crippen molar-refractivity contribution in [2.75, 3.05) is 5.73 Å². The summed E-state index contributed by atoms with van der Waals surface area (Å²) < 4.78 is 1.52. The van der Waals surface area contributed by atoms with Crippen LogP contribution in [0, 0.1) is 0 Å². The maximum atomic E-state index is 5.50. The second kappa shape index (κ2) is 2.74. The van der Waals surface area contributed by atoms with Crippen LogP contribution in [0.1, 0.15) is 0 Å². The van der Waals surface area contributed by atoms with Crippen LogP contribution < -0.4 is 5.73 Å². The number of nitrogens with zero attached hydrogens (tertiary/aromatic N) is 3. The number of hydrogen-bond donors (Lipinski definition) is 2. The summed E-state index contributed by atoms with van der Waals surface area (Å²) in [5, 5.41) is 7.80. The lowest BCUT2D eigenvalue weighted by atomic mass is 10.6. The second-order valence-corrected chi connectivity index (χ2v) is 2.19. The van der Waals surface area contributed by atoms with E-state index in [4.69, 9.17) is 5.73 Å². The molecule has 2 N–H and O–H groups in total. The normalized spacial score (nSPS) is 9.70. The zero-order valence-corrected chi connectivity index (χ0v) is 6.25. The monoisotopic (exact) mass is 156 g/mol. The maximum Gasteiger partial charge on any atom is 0.159 e. The van der Waals surface area contributed by atoms with Gasteiger partial charge in [-0.05, 0) is 0 Å². The lowest BCUT2D eigenvalue weighted by Gasteiger charge is -1.94. The van der Waals surface area contributed by atoms with Crippen LogP contribution >= 0.6 is 12.6 Å². The highest BCUT2D eigenvalue weighted by Gasteiger charge is 2.01. The average Bonchev–Trinajstić information content (AvgIpc) is 2.20. The van der Waals surface area contributed by atoms with Gasteiger partial charge in [0.1, 0.15) is 0 Å². The third-order valence-electron chi connectivity index (χ3n) is 1.06. The van der Waals surface area contributed by atoms with Crippen LogP contribution in [0.4, 0.5) is 5.82 Å². The van der Waals surface area contributed by atoms with Crippen LogP contribution in [0.15, 0.2) is 17.7 Å². The first kappa shape index (κ1) is 7.14. The molecule has 0 unspecified atom stereocenters. The fourth-order valence-electron chi connectivity index (χ4n) is 0.568. The summed E-state index contributed by atoms with van der Waals surface area (Å²) in [5.41, 5.74) is 5.50. The molecule has 54 valence electrons. The molecule has 0 aliphatic carbocycles. The van der Waals surface area contributed by atoms with E-state index in [1.165, 1.54) is 4.68 Å². The lowest BCUT2D eigenvalue weighted by Crippen LogP contribution is -2.02. The van der Waals surface area contributed by atoms with Gasteiger partial charge in [-0.2, -0.15) is 0 Å². The largest absolute Gasteiger partial charge is 0.382 e. The molecule has 10 heavy (non-hydrogen) atoms. The summed E-state index contributed by atoms with van der Waals surface area (Å²) in [7, 11) is 0. The summed E-state index contributed by atoms with van der Waals surface area (Å²) >= 11 is 3.96. The van der Waals surface area contributed by atoms with E-state index in [1.807, 2.05) is 0 Å². The highest BCUT2D eigenvalue weighted by Crippen LogP contribution is 2.10. The van der Waals surface area contributed by atoms with Crippen molar-refractivity contribution in [3.8, 4) is 0 Å². The minimum atomic E-state index is 0.460. The van der Waals surface area contributed by atoms with Gasteiger partial charge in [-0.3, -0.25) is 0 Å². The van der Waals surface area contributed by atoms with Crippen molar-refractivity contribution in [2.24, 2.45) is 0 Å². The number of anilines is 1. The number of rotatable bonds is 2. The zero-order chi connectivity index (χ0) is 7.56. The Labute approximate surface area is 64.1 Å². The second-order valence-electron chi connectivity index (χ2n) is 1.77. The molecule has 0 aliphatic heterocycles. The quantitative estimate of drug-likeness (QED) is 0.479. The smallest absolute Gasteiger partial charge is 0.159 e. The summed E-state index contributed by atoms with van der Waals surface area (Å²) in [4.78, 5) is 0. The SMILES string of the molecule is C=CCn1nnc(S)c1N. The number of hydrogen-bond acceptors (Lipinski definition) is 4. The van der Waals surface area contributed by atoms with Gasteiger partial charge in [0, 0.05) is 0 Å². The zero-order valence-electron chi connectivity index (χ0n) is 5.36. The molecule has 0 amide bonds. The third kappa shape index (κ3) is 1.13. The molecule has 0 aliphatic rings. The van der Waals surface area contributed by atoms with Crippen molar-refractivity contribution in [2.45, 2.75) is 11.6 Å². The molecule has 0 bridgehead atoms. The molecule has 1 aromatic heterocycles. The first-order chi connectivity index (χ1) is 4.75. The molecule has 0 radical (unpaired) electrons. The molecule has 0 aromatic carbocycles. The molecule has 4 nitrogen and oxygen atoms in total. The maximum absolute atomic E-state index is 5.50. The van der Waals surface area contributed by atoms with E-state index in [1.54, 1.807) is 6.08 Å². The Hall–Kier alpha value is -0.970. The van der Waals surface area contributed by atoms with E-state index in [0.29, 0.717) is 17.4 Å². The Kier molecular flexibility index (Phi) is 1.96. The van der Waals surface area contributed by atoms with Gasteiger partial charge < -0.3 is 5.73 Å². The molecule has 1 aromatic rings. The van der Waals surface area contributed by atoms with Crippen LogP contribution in [-0.2, 0) is 6.54 Å². The standard InChI is InChI=1S/C5H8N4S/c1-2-3-9-4(6)5(10)7-8-9/h2,10H,1,3,6H2. The van der Waals surface area contributed by atoms with Crippen molar-refractivity contribution in [3.05, 3.63) is 12.7 Å². The Morgan fingerprint density at radius 1 is 1.80 bits per heavy atom. The number of thiol groups is 1. The molecule has 0 fully saturated rings. The van der Waals surface area contributed by atoms with E-state index in [0.717, 1.165) is 0 Å². The van der Waals surface area contributed by atoms with Crippen LogP contribution in [0.2, 0.25) is 0 Å². The topological polar surface area (TPSA) is 56.7 Å². The summed E-state index contributed by atoms with van der Waals surface area (Å²) in [6, 6.07) is 0. The first-order valence-electron chi connectivity index (χ1n) is 2.74. The third-order valence-corrected chi connectivity index (χ3v) is 1.38. The number of allylic oxidation sites excluding steroid dienone is 1. The van der Waals surface area contributed by atoms with E-state index in [2.05, 4.69) is 29.5 Å². The van der Waals surface area contributed by atoms with E-state index >= 15 is 0 Å². The Morgan fingerprint density at radius 3 is 2.90 bits per heavy atom. The highest BCUT2D eigenvalue weighted by molar-refractivity contribution is 7.80. The Balaban J connectivity index is 2.93. The fourth-order valence-corrected chi connectivity index (χ4v) is 0.724.